The monoisotopic (exact) mass is 230 g/mol. The van der Waals surface area contributed by atoms with Gasteiger partial charge in [0, 0.05) is 12.3 Å². The van der Waals surface area contributed by atoms with Crippen LogP contribution in [0.25, 0.3) is 0 Å². The summed E-state index contributed by atoms with van der Waals surface area (Å²) in [4.78, 5) is 11.1. The van der Waals surface area contributed by atoms with Crippen molar-refractivity contribution in [2.24, 2.45) is 5.92 Å². The molecule has 1 aliphatic carbocycles. The molecule has 0 aromatic carbocycles. The fraction of sp³-hybridized carbons (Fsp3) is 0.857. The number of ketones is 1. The largest absolute Gasteiger partial charge is 0.388 e. The Morgan fingerprint density at radius 2 is 2.08 bits per heavy atom. The Balaban J connectivity index is 2.63. The number of alkyl halides is 3. The Bertz CT molecular complexity index is 188. The number of aliphatic hydroxyl groups excluding tert-OH is 1. The van der Waals surface area contributed by atoms with Crippen molar-refractivity contribution in [2.45, 2.75) is 29.2 Å². The predicted octanol–water partition coefficient (Wildman–Crippen LogP) is 2.09. The molecule has 2 nitrogen and oxygen atoms in total. The molecule has 0 spiro atoms. The molecule has 0 heterocycles. The number of hydrogen-bond acceptors (Lipinski definition) is 2. The van der Waals surface area contributed by atoms with E-state index >= 15 is 0 Å². The molecular formula is C7H9Cl3O2. The van der Waals surface area contributed by atoms with Gasteiger partial charge < -0.3 is 5.11 Å². The van der Waals surface area contributed by atoms with E-state index in [2.05, 4.69) is 0 Å². The number of rotatable bonds is 1. The number of carbonyl (C=O) groups is 1. The van der Waals surface area contributed by atoms with E-state index in [0.717, 1.165) is 6.42 Å². The van der Waals surface area contributed by atoms with E-state index in [1.54, 1.807) is 0 Å². The smallest absolute Gasteiger partial charge is 0.216 e. The van der Waals surface area contributed by atoms with Crippen LogP contribution < -0.4 is 0 Å². The topological polar surface area (TPSA) is 37.3 Å². The van der Waals surface area contributed by atoms with Gasteiger partial charge in [0.05, 0.1) is 0 Å². The van der Waals surface area contributed by atoms with Gasteiger partial charge in [0.15, 0.2) is 0 Å². The van der Waals surface area contributed by atoms with Crippen molar-refractivity contribution >= 4 is 40.6 Å². The van der Waals surface area contributed by atoms with Crippen molar-refractivity contribution in [3.63, 3.8) is 0 Å². The fourth-order valence-corrected chi connectivity index (χ4v) is 1.86. The quantitative estimate of drug-likeness (QED) is 0.702. The van der Waals surface area contributed by atoms with Gasteiger partial charge in [-0.3, -0.25) is 4.79 Å². The molecule has 2 atom stereocenters. The molecule has 5 heteroatoms. The molecule has 1 fully saturated rings. The highest BCUT2D eigenvalue weighted by Gasteiger charge is 2.42. The summed E-state index contributed by atoms with van der Waals surface area (Å²) in [5.41, 5.74) is 0. The summed E-state index contributed by atoms with van der Waals surface area (Å²) >= 11 is 16.4. The minimum atomic E-state index is -1.75. The molecular weight excluding hydrogens is 222 g/mol. The maximum atomic E-state index is 11.1. The van der Waals surface area contributed by atoms with Gasteiger partial charge in [-0.2, -0.15) is 0 Å². The summed E-state index contributed by atoms with van der Waals surface area (Å²) in [6, 6.07) is 0. The zero-order valence-corrected chi connectivity index (χ0v) is 8.53. The third-order valence-electron chi connectivity index (χ3n) is 2.07. The normalized spacial score (nSPS) is 27.7. The summed E-state index contributed by atoms with van der Waals surface area (Å²) in [6.07, 6.45) is 0.718. The van der Waals surface area contributed by atoms with Crippen LogP contribution in [0.3, 0.4) is 0 Å². The molecule has 1 N–H and O–H groups in total. The first-order valence-corrected chi connectivity index (χ1v) is 4.84. The van der Waals surface area contributed by atoms with E-state index in [1.165, 1.54) is 0 Å². The Kier molecular flexibility index (Phi) is 3.27. The van der Waals surface area contributed by atoms with Crippen LogP contribution in [0.15, 0.2) is 0 Å². The second-order valence-corrected chi connectivity index (χ2v) is 5.32. The molecule has 0 amide bonds. The van der Waals surface area contributed by atoms with Crippen LogP contribution >= 0.6 is 34.8 Å². The van der Waals surface area contributed by atoms with Crippen molar-refractivity contribution in [2.75, 3.05) is 0 Å². The SMILES string of the molecule is O=C1CCCC1[C@@H](O)C(Cl)(Cl)Cl. The van der Waals surface area contributed by atoms with Crippen LogP contribution in [0, 0.1) is 5.92 Å². The van der Waals surface area contributed by atoms with Gasteiger partial charge in [-0.05, 0) is 12.8 Å². The Morgan fingerprint density at radius 3 is 2.42 bits per heavy atom. The lowest BCUT2D eigenvalue weighted by molar-refractivity contribution is -0.123. The van der Waals surface area contributed by atoms with Crippen LogP contribution in [0.1, 0.15) is 19.3 Å². The molecule has 0 radical (unpaired) electrons. The van der Waals surface area contributed by atoms with E-state index < -0.39 is 15.8 Å². The van der Waals surface area contributed by atoms with Gasteiger partial charge in [0.25, 0.3) is 0 Å². The van der Waals surface area contributed by atoms with E-state index in [1.807, 2.05) is 0 Å². The molecule has 0 aromatic rings. The molecule has 0 aromatic heterocycles. The van der Waals surface area contributed by atoms with Gasteiger partial charge >= 0.3 is 0 Å². The predicted molar refractivity (Wildman–Crippen MR) is 48.6 cm³/mol. The van der Waals surface area contributed by atoms with Crippen molar-refractivity contribution in [3.8, 4) is 0 Å². The van der Waals surface area contributed by atoms with Gasteiger partial charge in [-0.25, -0.2) is 0 Å². The van der Waals surface area contributed by atoms with E-state index in [0.29, 0.717) is 12.8 Å². The van der Waals surface area contributed by atoms with Gasteiger partial charge in [-0.1, -0.05) is 34.8 Å². The maximum absolute atomic E-state index is 11.1. The van der Waals surface area contributed by atoms with Crippen LogP contribution in [0.2, 0.25) is 0 Å². The van der Waals surface area contributed by atoms with Crippen LogP contribution in [-0.2, 0) is 4.79 Å². The molecule has 0 aliphatic heterocycles. The maximum Gasteiger partial charge on any atom is 0.216 e. The first kappa shape index (κ1) is 10.6. The van der Waals surface area contributed by atoms with Crippen molar-refractivity contribution in [1.29, 1.82) is 0 Å². The minimum absolute atomic E-state index is 0.00572. The Hall–Kier alpha value is 0.500. The van der Waals surface area contributed by atoms with Gasteiger partial charge in [0.1, 0.15) is 11.9 Å². The molecule has 1 aliphatic rings. The molecule has 0 saturated heterocycles. The van der Waals surface area contributed by atoms with E-state index in [-0.39, 0.29) is 5.78 Å². The second-order valence-electron chi connectivity index (χ2n) is 2.95. The van der Waals surface area contributed by atoms with Crippen molar-refractivity contribution < 1.29 is 9.90 Å². The number of Topliss-reactive ketones (excluding diaryl/α,β-unsaturated/α-hetero) is 1. The summed E-state index contributed by atoms with van der Waals surface area (Å²) in [5, 5.41) is 9.44. The highest BCUT2D eigenvalue weighted by Crippen LogP contribution is 2.38. The molecule has 70 valence electrons. The van der Waals surface area contributed by atoms with Crippen molar-refractivity contribution in [3.05, 3.63) is 0 Å². The minimum Gasteiger partial charge on any atom is -0.388 e. The summed E-state index contributed by atoms with van der Waals surface area (Å²) in [7, 11) is 0. The van der Waals surface area contributed by atoms with Gasteiger partial charge in [0.2, 0.25) is 3.79 Å². The standard InChI is InChI=1S/C7H9Cl3O2/c8-7(9,10)6(12)4-2-1-3-5(4)11/h4,6,12H,1-3H2/t4?,6-/m1/s1. The van der Waals surface area contributed by atoms with Crippen LogP contribution in [-0.4, -0.2) is 20.8 Å². The third kappa shape index (κ3) is 2.25. The van der Waals surface area contributed by atoms with Crippen LogP contribution in [0.4, 0.5) is 0 Å². The number of hydrogen-bond donors (Lipinski definition) is 1. The van der Waals surface area contributed by atoms with E-state index in [9.17, 15) is 9.90 Å². The molecule has 12 heavy (non-hydrogen) atoms. The first-order chi connectivity index (χ1) is 5.43. The molecule has 1 unspecified atom stereocenters. The first-order valence-electron chi connectivity index (χ1n) is 3.70. The molecule has 0 bridgehead atoms. The number of halogens is 3. The number of carbonyl (C=O) groups excluding carboxylic acids is 1. The Labute approximate surface area is 85.8 Å². The summed E-state index contributed by atoms with van der Waals surface area (Å²) in [5.74, 6) is -0.494. The average molecular weight is 232 g/mol. The molecule has 1 rings (SSSR count). The lowest BCUT2D eigenvalue weighted by atomic mass is 10.0. The third-order valence-corrected chi connectivity index (χ3v) is 2.74. The Morgan fingerprint density at radius 1 is 1.50 bits per heavy atom. The zero-order valence-electron chi connectivity index (χ0n) is 6.27. The van der Waals surface area contributed by atoms with Crippen LogP contribution in [0.5, 0.6) is 0 Å². The lowest BCUT2D eigenvalue weighted by Gasteiger charge is -2.23. The highest BCUT2D eigenvalue weighted by molar-refractivity contribution is 6.68. The average Bonchev–Trinajstić information content (AvgIpc) is 2.31. The highest BCUT2D eigenvalue weighted by atomic mass is 35.6. The fourth-order valence-electron chi connectivity index (χ4n) is 1.40. The number of aliphatic hydroxyl groups is 1. The summed E-state index contributed by atoms with van der Waals surface area (Å²) in [6.45, 7) is 0. The van der Waals surface area contributed by atoms with Gasteiger partial charge in [-0.15, -0.1) is 0 Å². The van der Waals surface area contributed by atoms with Crippen molar-refractivity contribution in [1.82, 2.24) is 0 Å². The lowest BCUT2D eigenvalue weighted by Crippen LogP contribution is -2.35. The second kappa shape index (κ2) is 3.70. The summed E-state index contributed by atoms with van der Waals surface area (Å²) < 4.78 is -1.75. The molecule has 1 saturated carbocycles. The van der Waals surface area contributed by atoms with E-state index in [4.69, 9.17) is 34.8 Å². The zero-order chi connectivity index (χ0) is 9.35.